The number of ether oxygens (including phenoxy) is 2. The van der Waals surface area contributed by atoms with Crippen LogP contribution in [0.1, 0.15) is 19.3 Å². The summed E-state index contributed by atoms with van der Waals surface area (Å²) < 4.78 is 10.3. The molecule has 0 unspecified atom stereocenters. The van der Waals surface area contributed by atoms with Crippen LogP contribution in [0.3, 0.4) is 0 Å². The second-order valence-corrected chi connectivity index (χ2v) is 7.07. The van der Waals surface area contributed by atoms with Gasteiger partial charge in [-0.3, -0.25) is 4.79 Å². The van der Waals surface area contributed by atoms with Gasteiger partial charge in [0.1, 0.15) is 18.3 Å². The Kier molecular flexibility index (Phi) is 7.36. The largest absolute Gasteiger partial charge is 0.387 e. The number of amides is 1. The quantitative estimate of drug-likeness (QED) is 0.411. The van der Waals surface area contributed by atoms with Crippen molar-refractivity contribution in [1.29, 1.82) is 0 Å². The third-order valence-corrected chi connectivity index (χ3v) is 5.12. The number of carbonyl (C=O) groups is 1. The molecule has 1 aromatic rings. The van der Waals surface area contributed by atoms with Gasteiger partial charge in [0.05, 0.1) is 13.0 Å². The van der Waals surface area contributed by atoms with E-state index in [1.807, 2.05) is 30.3 Å². The van der Waals surface area contributed by atoms with Crippen molar-refractivity contribution in [2.75, 3.05) is 24.6 Å². The Morgan fingerprint density at radius 3 is 2.43 bits per heavy atom. The van der Waals surface area contributed by atoms with Gasteiger partial charge in [0.2, 0.25) is 5.91 Å². The number of benzene rings is 1. The molecule has 2 heterocycles. The lowest BCUT2D eigenvalue weighted by atomic mass is 10.0. The summed E-state index contributed by atoms with van der Waals surface area (Å²) in [5, 5.41) is 41.9. The summed E-state index contributed by atoms with van der Waals surface area (Å²) in [6, 6.07) is 9.53. The van der Waals surface area contributed by atoms with E-state index in [1.54, 1.807) is 4.90 Å². The highest BCUT2D eigenvalue weighted by Gasteiger charge is 2.43. The molecule has 1 amide bonds. The maximum Gasteiger partial charge on any atom is 0.229 e. The van der Waals surface area contributed by atoms with Crippen molar-refractivity contribution >= 4 is 11.6 Å². The van der Waals surface area contributed by atoms with Crippen molar-refractivity contribution < 1.29 is 34.7 Å². The second-order valence-electron chi connectivity index (χ2n) is 7.07. The molecule has 0 spiro atoms. The van der Waals surface area contributed by atoms with Crippen LogP contribution in [0.5, 0.6) is 0 Å². The SMILES string of the molecule is O=C(CCO[C@@H]1O[C@H](O)[C@@H](O)[C@H](O)[C@H]1O)N(c1ccccc1)C1CCNCC1. The predicted octanol–water partition coefficient (Wildman–Crippen LogP) is -1.06. The van der Waals surface area contributed by atoms with Crippen molar-refractivity contribution in [2.45, 2.75) is 56.2 Å². The Balaban J connectivity index is 1.59. The summed E-state index contributed by atoms with van der Waals surface area (Å²) in [6.07, 6.45) is -6.00. The van der Waals surface area contributed by atoms with Crippen LogP contribution in [-0.4, -0.2) is 83.0 Å². The minimum Gasteiger partial charge on any atom is -0.387 e. The highest BCUT2D eigenvalue weighted by atomic mass is 16.7. The van der Waals surface area contributed by atoms with Crippen molar-refractivity contribution in [1.82, 2.24) is 5.32 Å². The maximum absolute atomic E-state index is 12.9. The van der Waals surface area contributed by atoms with Gasteiger partial charge < -0.3 is 40.1 Å². The molecular weight excluding hydrogens is 368 g/mol. The number of carbonyl (C=O) groups excluding carboxylic acids is 1. The molecule has 0 radical (unpaired) electrons. The standard InChI is InChI=1S/C19H28N2O7/c22-14(8-11-27-19-17(25)15(23)16(24)18(26)28-19)21(12-4-2-1-3-5-12)13-6-9-20-10-7-13/h1-5,13,15-20,23-26H,6-11H2/t15-,16-,17+,18-,19+/m0/s1. The molecule has 5 atom stereocenters. The van der Waals surface area contributed by atoms with Crippen molar-refractivity contribution in [3.05, 3.63) is 30.3 Å². The molecule has 1 aromatic carbocycles. The van der Waals surface area contributed by atoms with Crippen LogP contribution in [0.15, 0.2) is 30.3 Å². The van der Waals surface area contributed by atoms with E-state index < -0.39 is 30.9 Å². The third-order valence-electron chi connectivity index (χ3n) is 5.12. The molecule has 9 nitrogen and oxygen atoms in total. The number of aliphatic hydroxyl groups excluding tert-OH is 4. The number of anilines is 1. The first-order chi connectivity index (χ1) is 13.5. The second kappa shape index (κ2) is 9.75. The van der Waals surface area contributed by atoms with Crippen LogP contribution in [0.2, 0.25) is 0 Å². The minimum atomic E-state index is -1.67. The fourth-order valence-electron chi connectivity index (χ4n) is 3.56. The zero-order valence-corrected chi connectivity index (χ0v) is 15.6. The van der Waals surface area contributed by atoms with E-state index in [0.717, 1.165) is 31.6 Å². The van der Waals surface area contributed by atoms with E-state index in [2.05, 4.69) is 5.32 Å². The molecular formula is C19H28N2O7. The highest BCUT2D eigenvalue weighted by molar-refractivity contribution is 5.94. The average Bonchev–Trinajstić information content (AvgIpc) is 2.72. The molecule has 0 aliphatic carbocycles. The van der Waals surface area contributed by atoms with Crippen LogP contribution in [0.4, 0.5) is 5.69 Å². The molecule has 28 heavy (non-hydrogen) atoms. The van der Waals surface area contributed by atoms with Gasteiger partial charge in [0.25, 0.3) is 0 Å². The first-order valence-corrected chi connectivity index (χ1v) is 9.56. The molecule has 2 fully saturated rings. The topological polar surface area (TPSA) is 132 Å². The van der Waals surface area contributed by atoms with Gasteiger partial charge in [-0.15, -0.1) is 0 Å². The van der Waals surface area contributed by atoms with Crippen LogP contribution < -0.4 is 10.2 Å². The summed E-state index contributed by atoms with van der Waals surface area (Å²) in [4.78, 5) is 14.7. The van der Waals surface area contributed by atoms with Gasteiger partial charge in [-0.1, -0.05) is 18.2 Å². The lowest BCUT2D eigenvalue weighted by Crippen LogP contribution is -2.58. The number of piperidine rings is 1. The lowest BCUT2D eigenvalue weighted by Gasteiger charge is -2.38. The van der Waals surface area contributed by atoms with E-state index in [4.69, 9.17) is 9.47 Å². The smallest absolute Gasteiger partial charge is 0.229 e. The molecule has 2 aliphatic heterocycles. The highest BCUT2D eigenvalue weighted by Crippen LogP contribution is 2.24. The van der Waals surface area contributed by atoms with E-state index in [0.29, 0.717) is 0 Å². The van der Waals surface area contributed by atoms with Gasteiger partial charge in [0, 0.05) is 11.7 Å². The molecule has 0 bridgehead atoms. The molecule has 2 aliphatic rings. The van der Waals surface area contributed by atoms with Gasteiger partial charge >= 0.3 is 0 Å². The Morgan fingerprint density at radius 2 is 1.75 bits per heavy atom. The van der Waals surface area contributed by atoms with Gasteiger partial charge in [0.15, 0.2) is 12.6 Å². The van der Waals surface area contributed by atoms with Crippen LogP contribution in [0, 0.1) is 0 Å². The van der Waals surface area contributed by atoms with E-state index in [-0.39, 0.29) is 25.0 Å². The van der Waals surface area contributed by atoms with Crippen molar-refractivity contribution in [3.63, 3.8) is 0 Å². The van der Waals surface area contributed by atoms with Gasteiger partial charge in [-0.05, 0) is 38.1 Å². The number of hydrogen-bond acceptors (Lipinski definition) is 8. The number of para-hydroxylation sites is 1. The van der Waals surface area contributed by atoms with E-state index in [1.165, 1.54) is 0 Å². The average molecular weight is 396 g/mol. The molecule has 9 heteroatoms. The fraction of sp³-hybridized carbons (Fsp3) is 0.632. The molecule has 0 aromatic heterocycles. The number of nitrogens with zero attached hydrogens (tertiary/aromatic N) is 1. The van der Waals surface area contributed by atoms with Crippen molar-refractivity contribution in [2.24, 2.45) is 0 Å². The molecule has 156 valence electrons. The van der Waals surface area contributed by atoms with Crippen LogP contribution in [-0.2, 0) is 14.3 Å². The summed E-state index contributed by atoms with van der Waals surface area (Å²) in [5.41, 5.74) is 0.822. The summed E-state index contributed by atoms with van der Waals surface area (Å²) in [6.45, 7) is 1.63. The number of nitrogens with one attached hydrogen (secondary N) is 1. The van der Waals surface area contributed by atoms with Crippen molar-refractivity contribution in [3.8, 4) is 0 Å². The zero-order valence-electron chi connectivity index (χ0n) is 15.6. The zero-order chi connectivity index (χ0) is 20.1. The maximum atomic E-state index is 12.9. The van der Waals surface area contributed by atoms with Gasteiger partial charge in [-0.25, -0.2) is 0 Å². The molecule has 2 saturated heterocycles. The Bertz CT molecular complexity index is 626. The van der Waals surface area contributed by atoms with Crippen LogP contribution >= 0.6 is 0 Å². The number of hydrogen-bond donors (Lipinski definition) is 5. The van der Waals surface area contributed by atoms with E-state index >= 15 is 0 Å². The first kappa shape index (κ1) is 21.1. The predicted molar refractivity (Wildman–Crippen MR) is 99.3 cm³/mol. The van der Waals surface area contributed by atoms with E-state index in [9.17, 15) is 25.2 Å². The normalized spacial score (nSPS) is 31.5. The first-order valence-electron chi connectivity index (χ1n) is 9.56. The Morgan fingerprint density at radius 1 is 1.07 bits per heavy atom. The monoisotopic (exact) mass is 396 g/mol. The van der Waals surface area contributed by atoms with Crippen LogP contribution in [0.25, 0.3) is 0 Å². The molecule has 5 N–H and O–H groups in total. The fourth-order valence-corrected chi connectivity index (χ4v) is 3.56. The van der Waals surface area contributed by atoms with Gasteiger partial charge in [-0.2, -0.15) is 0 Å². The Labute approximate surface area is 163 Å². The number of rotatable bonds is 6. The number of aliphatic hydroxyl groups is 4. The summed E-state index contributed by atoms with van der Waals surface area (Å²) >= 11 is 0. The third kappa shape index (κ3) is 4.87. The molecule has 3 rings (SSSR count). The minimum absolute atomic E-state index is 0.0418. The molecule has 0 saturated carbocycles. The Hall–Kier alpha value is -1.59. The summed E-state index contributed by atoms with van der Waals surface area (Å²) in [5.74, 6) is -0.121. The summed E-state index contributed by atoms with van der Waals surface area (Å²) in [7, 11) is 0. The lowest BCUT2D eigenvalue weighted by molar-refractivity contribution is -0.339.